The highest BCUT2D eigenvalue weighted by molar-refractivity contribution is 14.1. The van der Waals surface area contributed by atoms with Crippen molar-refractivity contribution in [3.63, 3.8) is 0 Å². The quantitative estimate of drug-likeness (QED) is 0.369. The van der Waals surface area contributed by atoms with E-state index in [0.29, 0.717) is 5.92 Å². The van der Waals surface area contributed by atoms with Crippen LogP contribution in [0.2, 0.25) is 5.31 Å². The second kappa shape index (κ2) is 5.66. The first-order valence-corrected chi connectivity index (χ1v) is 7.88. The summed E-state index contributed by atoms with van der Waals surface area (Å²) in [5.41, 5.74) is 0.733. The summed E-state index contributed by atoms with van der Waals surface area (Å²) in [5.74, 6) is 0.829. The highest BCUT2D eigenvalue weighted by Gasteiger charge is 2.47. The third kappa shape index (κ3) is 3.28. The molecular formula is C14H15BF3I. The van der Waals surface area contributed by atoms with Gasteiger partial charge in [0.1, 0.15) is 0 Å². The minimum Gasteiger partial charge on any atom is -0.171 e. The molecule has 0 N–H and O–H groups in total. The van der Waals surface area contributed by atoms with Gasteiger partial charge in [0.15, 0.2) is 0 Å². The summed E-state index contributed by atoms with van der Waals surface area (Å²) in [6, 6.07) is 0. The van der Waals surface area contributed by atoms with E-state index >= 15 is 0 Å². The Morgan fingerprint density at radius 3 is 2.63 bits per heavy atom. The van der Waals surface area contributed by atoms with Gasteiger partial charge in [-0.25, -0.2) is 0 Å². The van der Waals surface area contributed by atoms with Crippen molar-refractivity contribution in [1.29, 1.82) is 0 Å². The van der Waals surface area contributed by atoms with Gasteiger partial charge in [0.05, 0.1) is 13.2 Å². The van der Waals surface area contributed by atoms with E-state index in [9.17, 15) is 13.2 Å². The van der Waals surface area contributed by atoms with Gasteiger partial charge in [-0.05, 0) is 36.7 Å². The number of halogens is 4. The van der Waals surface area contributed by atoms with Crippen molar-refractivity contribution in [2.24, 2.45) is 11.8 Å². The van der Waals surface area contributed by atoms with Crippen molar-refractivity contribution in [1.82, 2.24) is 0 Å². The van der Waals surface area contributed by atoms with E-state index in [1.54, 1.807) is 12.2 Å². The number of alkyl halides is 4. The van der Waals surface area contributed by atoms with Crippen molar-refractivity contribution in [3.8, 4) is 0 Å². The second-order valence-corrected chi connectivity index (χ2v) is 6.20. The topological polar surface area (TPSA) is 0 Å². The first kappa shape index (κ1) is 15.2. The van der Waals surface area contributed by atoms with Gasteiger partial charge in [-0.3, -0.25) is 0 Å². The molecular weight excluding hydrogens is 363 g/mol. The number of hydrogen-bond acceptors (Lipinski definition) is 0. The third-order valence-electron chi connectivity index (χ3n) is 3.90. The van der Waals surface area contributed by atoms with Crippen LogP contribution in [-0.4, -0.2) is 18.5 Å². The Bertz CT molecular complexity index is 425. The standard InChI is InChI=1S/C14H15BF3I/c15-13(14(16,17)18)6-2-1-3-12(8-13)11-5-4-10(7-11)9-19/h1-3,6,8,10-11H,4-5,7,9H2. The molecule has 0 aliphatic heterocycles. The molecule has 1 saturated carbocycles. The van der Waals surface area contributed by atoms with E-state index in [4.69, 9.17) is 7.85 Å². The Labute approximate surface area is 126 Å². The summed E-state index contributed by atoms with van der Waals surface area (Å²) in [7, 11) is 5.53. The SMILES string of the molecule is [B]C1(C(F)(F)F)C=CC=CC(C2CCC(CI)C2)=C1. The summed E-state index contributed by atoms with van der Waals surface area (Å²) < 4.78 is 40.2. The maximum Gasteiger partial charge on any atom is 0.393 e. The fraction of sp³-hybridized carbons (Fsp3) is 0.571. The maximum absolute atomic E-state index is 13.1. The highest BCUT2D eigenvalue weighted by atomic mass is 127. The van der Waals surface area contributed by atoms with E-state index in [2.05, 4.69) is 22.6 Å². The third-order valence-corrected chi connectivity index (χ3v) is 5.14. The van der Waals surface area contributed by atoms with Crippen LogP contribution in [0.4, 0.5) is 13.2 Å². The summed E-state index contributed by atoms with van der Waals surface area (Å²) >= 11 is 2.34. The van der Waals surface area contributed by atoms with Gasteiger partial charge >= 0.3 is 6.18 Å². The molecule has 0 heterocycles. The van der Waals surface area contributed by atoms with Crippen LogP contribution in [0.15, 0.2) is 36.0 Å². The van der Waals surface area contributed by atoms with Gasteiger partial charge in [0.2, 0.25) is 0 Å². The Balaban J connectivity index is 2.25. The Morgan fingerprint density at radius 2 is 2.05 bits per heavy atom. The highest BCUT2D eigenvalue weighted by Crippen LogP contribution is 2.48. The van der Waals surface area contributed by atoms with Gasteiger partial charge in [-0.2, -0.15) is 13.2 Å². The van der Waals surface area contributed by atoms with Crippen LogP contribution in [0.3, 0.4) is 0 Å². The number of rotatable bonds is 2. The monoisotopic (exact) mass is 378 g/mol. The zero-order valence-corrected chi connectivity index (χ0v) is 12.6. The lowest BCUT2D eigenvalue weighted by atomic mass is 9.66. The predicted octanol–water partition coefficient (Wildman–Crippen LogP) is 4.78. The molecule has 2 radical (unpaired) electrons. The molecule has 0 aromatic heterocycles. The van der Waals surface area contributed by atoms with Crippen molar-refractivity contribution in [3.05, 3.63) is 36.0 Å². The Morgan fingerprint density at radius 1 is 1.32 bits per heavy atom. The van der Waals surface area contributed by atoms with E-state index in [1.807, 2.05) is 0 Å². The molecule has 0 saturated heterocycles. The molecule has 0 bridgehead atoms. The van der Waals surface area contributed by atoms with Crippen molar-refractivity contribution in [2.75, 3.05) is 4.43 Å². The zero-order valence-electron chi connectivity index (χ0n) is 10.5. The van der Waals surface area contributed by atoms with E-state index in [1.165, 1.54) is 12.2 Å². The molecule has 2 aliphatic carbocycles. The van der Waals surface area contributed by atoms with Crippen molar-refractivity contribution < 1.29 is 13.2 Å². The largest absolute Gasteiger partial charge is 0.393 e. The van der Waals surface area contributed by atoms with Gasteiger partial charge in [0.25, 0.3) is 0 Å². The summed E-state index contributed by atoms with van der Waals surface area (Å²) in [6.45, 7) is 0. The van der Waals surface area contributed by atoms with Crippen LogP contribution in [0, 0.1) is 11.8 Å². The molecule has 0 amide bonds. The van der Waals surface area contributed by atoms with Crippen LogP contribution in [-0.2, 0) is 0 Å². The van der Waals surface area contributed by atoms with Crippen LogP contribution < -0.4 is 0 Å². The summed E-state index contributed by atoms with van der Waals surface area (Å²) in [6.07, 6.45) is 5.61. The second-order valence-electron chi connectivity index (χ2n) is 5.32. The molecule has 102 valence electrons. The van der Waals surface area contributed by atoms with Crippen LogP contribution in [0.1, 0.15) is 19.3 Å². The van der Waals surface area contributed by atoms with Crippen LogP contribution in [0.5, 0.6) is 0 Å². The van der Waals surface area contributed by atoms with Gasteiger partial charge in [0, 0.05) is 4.43 Å². The van der Waals surface area contributed by atoms with E-state index in [-0.39, 0.29) is 5.92 Å². The fourth-order valence-corrected chi connectivity index (χ4v) is 3.50. The maximum atomic E-state index is 13.1. The van der Waals surface area contributed by atoms with Crippen LogP contribution >= 0.6 is 22.6 Å². The van der Waals surface area contributed by atoms with Crippen molar-refractivity contribution >= 4 is 30.4 Å². The van der Waals surface area contributed by atoms with Crippen molar-refractivity contribution in [2.45, 2.75) is 30.8 Å². The summed E-state index contributed by atoms with van der Waals surface area (Å²) in [5, 5.41) is -2.34. The van der Waals surface area contributed by atoms with Crippen LogP contribution in [0.25, 0.3) is 0 Å². The smallest absolute Gasteiger partial charge is 0.171 e. The first-order chi connectivity index (χ1) is 8.86. The average molecular weight is 378 g/mol. The van der Waals surface area contributed by atoms with Gasteiger partial charge < -0.3 is 0 Å². The minimum absolute atomic E-state index is 0.209. The molecule has 0 spiro atoms. The Kier molecular flexibility index (Phi) is 4.53. The molecule has 0 nitrogen and oxygen atoms in total. The average Bonchev–Trinajstić information content (AvgIpc) is 2.71. The van der Waals surface area contributed by atoms with E-state index in [0.717, 1.165) is 35.3 Å². The first-order valence-electron chi connectivity index (χ1n) is 6.36. The normalized spacial score (nSPS) is 35.3. The van der Waals surface area contributed by atoms with Gasteiger partial charge in [-0.15, -0.1) is 0 Å². The predicted molar refractivity (Wildman–Crippen MR) is 80.6 cm³/mol. The van der Waals surface area contributed by atoms with Gasteiger partial charge in [-0.1, -0.05) is 53.0 Å². The molecule has 3 atom stereocenters. The zero-order chi connectivity index (χ0) is 14.1. The lowest BCUT2D eigenvalue weighted by molar-refractivity contribution is -0.142. The molecule has 0 aromatic rings. The molecule has 1 fully saturated rings. The molecule has 0 aromatic carbocycles. The Hall–Kier alpha value is -0.195. The number of allylic oxidation sites excluding steroid dienone is 6. The molecule has 19 heavy (non-hydrogen) atoms. The number of hydrogen-bond donors (Lipinski definition) is 0. The molecule has 2 rings (SSSR count). The fourth-order valence-electron chi connectivity index (χ4n) is 2.70. The lowest BCUT2D eigenvalue weighted by Gasteiger charge is -2.27. The summed E-state index contributed by atoms with van der Waals surface area (Å²) in [4.78, 5) is 0. The molecule has 3 unspecified atom stereocenters. The minimum atomic E-state index is -4.46. The molecule has 5 heteroatoms. The lowest BCUT2D eigenvalue weighted by Crippen LogP contribution is -2.28. The molecule has 2 aliphatic rings. The van der Waals surface area contributed by atoms with E-state index < -0.39 is 11.5 Å².